The summed E-state index contributed by atoms with van der Waals surface area (Å²) in [5.41, 5.74) is 4.62. The van der Waals surface area contributed by atoms with Gasteiger partial charge in [0.25, 0.3) is 0 Å². The number of amidine groups is 1. The average Bonchev–Trinajstić information content (AvgIpc) is 2.81. The highest BCUT2D eigenvalue weighted by Crippen LogP contribution is 2.23. The number of benzene rings is 3. The molecule has 0 unspecified atom stereocenters. The van der Waals surface area contributed by atoms with Gasteiger partial charge in [0.05, 0.1) is 19.9 Å². The van der Waals surface area contributed by atoms with Crippen molar-refractivity contribution in [3.05, 3.63) is 89.5 Å². The van der Waals surface area contributed by atoms with Gasteiger partial charge in [0.1, 0.15) is 11.5 Å². The van der Waals surface area contributed by atoms with E-state index in [4.69, 9.17) is 14.5 Å². The van der Waals surface area contributed by atoms with E-state index >= 15 is 0 Å². The van der Waals surface area contributed by atoms with Gasteiger partial charge in [-0.15, -0.1) is 0 Å². The van der Waals surface area contributed by atoms with Crippen LogP contribution in [0.25, 0.3) is 0 Å². The third-order valence-corrected chi connectivity index (χ3v) is 5.76. The van der Waals surface area contributed by atoms with Gasteiger partial charge in [-0.2, -0.15) is 0 Å². The van der Waals surface area contributed by atoms with Crippen molar-refractivity contribution in [1.29, 1.82) is 0 Å². The van der Waals surface area contributed by atoms with Gasteiger partial charge in [0, 0.05) is 13.1 Å². The van der Waals surface area contributed by atoms with Crippen molar-refractivity contribution in [1.82, 2.24) is 4.90 Å². The predicted octanol–water partition coefficient (Wildman–Crippen LogP) is 6.46. The first-order valence-corrected chi connectivity index (χ1v) is 11.4. The zero-order chi connectivity index (χ0) is 22.1. The molecule has 0 bridgehead atoms. The summed E-state index contributed by atoms with van der Waals surface area (Å²) in [5.74, 6) is 2.68. The van der Waals surface area contributed by atoms with Crippen LogP contribution in [-0.2, 0) is 13.1 Å². The van der Waals surface area contributed by atoms with Crippen LogP contribution in [0.15, 0.2) is 77.8 Å². The fourth-order valence-electron chi connectivity index (χ4n) is 3.15. The van der Waals surface area contributed by atoms with Gasteiger partial charge in [-0.3, -0.25) is 0 Å². The molecule has 0 spiro atoms. The van der Waals surface area contributed by atoms with Crippen LogP contribution in [0.2, 0.25) is 0 Å². The summed E-state index contributed by atoms with van der Waals surface area (Å²) in [5, 5.41) is 1.01. The number of rotatable bonds is 8. The first kappa shape index (κ1) is 22.8. The molecule has 0 aliphatic carbocycles. The number of aryl methyl sites for hydroxylation is 1. The minimum absolute atomic E-state index is 0.758. The number of ether oxygens (including phenoxy) is 2. The van der Waals surface area contributed by atoms with E-state index in [-0.39, 0.29) is 0 Å². The monoisotopic (exact) mass is 434 g/mol. The highest BCUT2D eigenvalue weighted by molar-refractivity contribution is 8.13. The molecule has 4 nitrogen and oxygen atoms in total. The molecule has 0 saturated heterocycles. The smallest absolute Gasteiger partial charge is 0.164 e. The molecule has 0 amide bonds. The Morgan fingerprint density at radius 2 is 1.26 bits per heavy atom. The Hall–Kier alpha value is -2.92. The number of thioether (sulfide) groups is 1. The van der Waals surface area contributed by atoms with Crippen molar-refractivity contribution in [2.75, 3.05) is 20.0 Å². The average molecular weight is 435 g/mol. The maximum Gasteiger partial charge on any atom is 0.164 e. The minimum atomic E-state index is 0.758. The highest BCUT2D eigenvalue weighted by atomic mass is 32.2. The molecule has 162 valence electrons. The molecule has 31 heavy (non-hydrogen) atoms. The minimum Gasteiger partial charge on any atom is -0.497 e. The number of hydrogen-bond donors (Lipinski definition) is 0. The van der Waals surface area contributed by atoms with E-state index in [1.165, 1.54) is 16.7 Å². The van der Waals surface area contributed by atoms with Crippen LogP contribution in [0, 0.1) is 6.92 Å². The maximum absolute atomic E-state index is 5.31. The van der Waals surface area contributed by atoms with Crippen molar-refractivity contribution < 1.29 is 9.47 Å². The second-order valence-corrected chi connectivity index (χ2v) is 8.45. The quantitative estimate of drug-likeness (QED) is 0.301. The van der Waals surface area contributed by atoms with Gasteiger partial charge in [-0.05, 0) is 60.2 Å². The first-order valence-electron chi connectivity index (χ1n) is 10.4. The summed E-state index contributed by atoms with van der Waals surface area (Å²) in [6, 6.07) is 24.8. The summed E-state index contributed by atoms with van der Waals surface area (Å²) in [6.45, 7) is 5.77. The Kier molecular flexibility index (Phi) is 8.42. The predicted molar refractivity (Wildman–Crippen MR) is 132 cm³/mol. The fraction of sp³-hybridized carbons (Fsp3) is 0.269. The highest BCUT2D eigenvalue weighted by Gasteiger charge is 2.14. The standard InChI is InChI=1S/C26H30N2O2S/c1-5-31-26(27-23-12-6-20(2)7-13-23)28(18-21-8-14-24(29-3)15-9-21)19-22-10-16-25(30-4)17-11-22/h6-17H,5,18-19H2,1-4H3. The van der Waals surface area contributed by atoms with Gasteiger partial charge in [0.2, 0.25) is 0 Å². The molecule has 0 fully saturated rings. The second-order valence-electron chi connectivity index (χ2n) is 7.22. The van der Waals surface area contributed by atoms with E-state index in [9.17, 15) is 0 Å². The SMILES string of the molecule is CCSC(=Nc1ccc(C)cc1)N(Cc1ccc(OC)cc1)Cc1ccc(OC)cc1. The van der Waals surface area contributed by atoms with Gasteiger partial charge in [0.15, 0.2) is 5.17 Å². The lowest BCUT2D eigenvalue weighted by Crippen LogP contribution is -2.28. The topological polar surface area (TPSA) is 34.1 Å². The van der Waals surface area contributed by atoms with E-state index in [2.05, 4.69) is 67.3 Å². The van der Waals surface area contributed by atoms with Gasteiger partial charge in [-0.1, -0.05) is 60.6 Å². The van der Waals surface area contributed by atoms with Crippen molar-refractivity contribution in [3.8, 4) is 11.5 Å². The van der Waals surface area contributed by atoms with Gasteiger partial charge in [-0.25, -0.2) is 4.99 Å². The molecule has 0 aromatic heterocycles. The van der Waals surface area contributed by atoms with Crippen molar-refractivity contribution in [2.45, 2.75) is 26.9 Å². The number of aliphatic imine (C=N–C) groups is 1. The molecule has 0 saturated carbocycles. The van der Waals surface area contributed by atoms with Crippen molar-refractivity contribution in [2.24, 2.45) is 4.99 Å². The largest absolute Gasteiger partial charge is 0.497 e. The summed E-state index contributed by atoms with van der Waals surface area (Å²) < 4.78 is 10.6. The lowest BCUT2D eigenvalue weighted by molar-refractivity contribution is 0.405. The van der Waals surface area contributed by atoms with Crippen LogP contribution in [0.5, 0.6) is 11.5 Å². The Labute approximate surface area is 189 Å². The fourth-order valence-corrected chi connectivity index (χ4v) is 3.89. The van der Waals surface area contributed by atoms with E-state index in [1.807, 2.05) is 24.3 Å². The molecule has 3 aromatic carbocycles. The molecule has 3 aromatic rings. The van der Waals surface area contributed by atoms with E-state index in [0.29, 0.717) is 0 Å². The van der Waals surface area contributed by atoms with Crippen LogP contribution >= 0.6 is 11.8 Å². The zero-order valence-corrected chi connectivity index (χ0v) is 19.5. The molecular formula is C26H30N2O2S. The van der Waals surface area contributed by atoms with E-state index in [0.717, 1.165) is 41.2 Å². The lowest BCUT2D eigenvalue weighted by Gasteiger charge is -2.26. The van der Waals surface area contributed by atoms with Crippen LogP contribution in [0.1, 0.15) is 23.6 Å². The molecule has 5 heteroatoms. The third kappa shape index (κ3) is 6.79. The molecule has 0 radical (unpaired) electrons. The Morgan fingerprint density at radius 3 is 1.68 bits per heavy atom. The van der Waals surface area contributed by atoms with Crippen LogP contribution in [0.3, 0.4) is 0 Å². The van der Waals surface area contributed by atoms with Crippen LogP contribution in [0.4, 0.5) is 5.69 Å². The van der Waals surface area contributed by atoms with Crippen molar-refractivity contribution in [3.63, 3.8) is 0 Å². The Morgan fingerprint density at radius 1 is 0.774 bits per heavy atom. The molecule has 0 N–H and O–H groups in total. The summed E-state index contributed by atoms with van der Waals surface area (Å²) in [7, 11) is 3.38. The van der Waals surface area contributed by atoms with Crippen LogP contribution in [-0.4, -0.2) is 30.0 Å². The molecule has 0 atom stereocenters. The number of methoxy groups -OCH3 is 2. The summed E-state index contributed by atoms with van der Waals surface area (Å²) in [4.78, 5) is 7.34. The molecule has 0 aliphatic rings. The summed E-state index contributed by atoms with van der Waals surface area (Å²) >= 11 is 1.76. The Bertz CT molecular complexity index is 918. The molecule has 0 heterocycles. The molecule has 3 rings (SSSR count). The summed E-state index contributed by atoms with van der Waals surface area (Å²) in [6.07, 6.45) is 0. The third-order valence-electron chi connectivity index (χ3n) is 4.87. The number of hydrogen-bond acceptors (Lipinski definition) is 4. The number of nitrogens with zero attached hydrogens (tertiary/aromatic N) is 2. The van der Waals surface area contributed by atoms with E-state index < -0.39 is 0 Å². The second kappa shape index (κ2) is 11.5. The normalized spacial score (nSPS) is 11.3. The van der Waals surface area contributed by atoms with Crippen molar-refractivity contribution >= 4 is 22.6 Å². The Balaban J connectivity index is 1.92. The first-order chi connectivity index (χ1) is 15.1. The van der Waals surface area contributed by atoms with Gasteiger partial charge < -0.3 is 14.4 Å². The molecular weight excluding hydrogens is 404 g/mol. The van der Waals surface area contributed by atoms with Crippen LogP contribution < -0.4 is 9.47 Å². The molecule has 0 aliphatic heterocycles. The lowest BCUT2D eigenvalue weighted by atomic mass is 10.1. The van der Waals surface area contributed by atoms with E-state index in [1.54, 1.807) is 26.0 Å². The maximum atomic E-state index is 5.31. The van der Waals surface area contributed by atoms with Gasteiger partial charge >= 0.3 is 0 Å². The zero-order valence-electron chi connectivity index (χ0n) is 18.7.